The molecule has 0 bridgehead atoms. The number of rotatable bonds is 8. The number of amides is 1. The molecule has 118 valence electrons. The van der Waals surface area contributed by atoms with Crippen LogP contribution in [0.3, 0.4) is 0 Å². The molecule has 1 aliphatic carbocycles. The fourth-order valence-corrected chi connectivity index (χ4v) is 3.72. The summed E-state index contributed by atoms with van der Waals surface area (Å²) in [5.41, 5.74) is 0.582. The first-order valence-corrected chi connectivity index (χ1v) is 8.68. The Morgan fingerprint density at radius 2 is 2.29 bits per heavy atom. The topological polar surface area (TPSA) is 58.6 Å². The Bertz CT molecular complexity index is 427. The summed E-state index contributed by atoms with van der Waals surface area (Å²) in [4.78, 5) is 12.6. The summed E-state index contributed by atoms with van der Waals surface area (Å²) in [5.74, 6) is 0.0778. The van der Waals surface area contributed by atoms with E-state index in [0.717, 1.165) is 37.7 Å². The first kappa shape index (κ1) is 16.5. The molecule has 1 aromatic heterocycles. The number of hydrogen-bond donors (Lipinski definition) is 2. The normalized spacial score (nSPS) is 18.6. The third kappa shape index (κ3) is 4.28. The molecular formula is C16H25NO3S. The van der Waals surface area contributed by atoms with Gasteiger partial charge in [-0.15, -0.1) is 0 Å². The van der Waals surface area contributed by atoms with Crippen molar-refractivity contribution in [3.8, 4) is 0 Å². The van der Waals surface area contributed by atoms with Crippen LogP contribution in [0.15, 0.2) is 16.8 Å². The number of carbonyl (C=O) groups is 1. The van der Waals surface area contributed by atoms with Gasteiger partial charge in [-0.05, 0) is 48.6 Å². The molecule has 2 rings (SSSR count). The number of nitrogens with one attached hydrogen (secondary N) is 1. The molecule has 1 fully saturated rings. The van der Waals surface area contributed by atoms with Crippen LogP contribution < -0.4 is 5.32 Å². The lowest BCUT2D eigenvalue weighted by Gasteiger charge is -2.28. The van der Waals surface area contributed by atoms with Crippen molar-refractivity contribution in [3.05, 3.63) is 22.4 Å². The van der Waals surface area contributed by atoms with Gasteiger partial charge in [-0.25, -0.2) is 0 Å². The molecule has 4 nitrogen and oxygen atoms in total. The van der Waals surface area contributed by atoms with E-state index in [4.69, 9.17) is 4.74 Å². The number of hydrogen-bond acceptors (Lipinski definition) is 4. The lowest BCUT2D eigenvalue weighted by molar-refractivity contribution is -0.132. The van der Waals surface area contributed by atoms with Crippen LogP contribution in [0.5, 0.6) is 0 Å². The van der Waals surface area contributed by atoms with Crippen molar-refractivity contribution < 1.29 is 14.6 Å². The summed E-state index contributed by atoms with van der Waals surface area (Å²) >= 11 is 1.55. The van der Waals surface area contributed by atoms with Gasteiger partial charge in [0.2, 0.25) is 5.91 Å². The average molecular weight is 311 g/mol. The van der Waals surface area contributed by atoms with E-state index >= 15 is 0 Å². The highest BCUT2D eigenvalue weighted by Gasteiger charge is 2.40. The summed E-state index contributed by atoms with van der Waals surface area (Å²) in [5, 5.41) is 16.9. The number of carbonyl (C=O) groups excluding carboxylic acids is 1. The Morgan fingerprint density at radius 1 is 1.52 bits per heavy atom. The van der Waals surface area contributed by atoms with Crippen molar-refractivity contribution in [1.82, 2.24) is 5.32 Å². The molecule has 0 spiro atoms. The highest BCUT2D eigenvalue weighted by Crippen LogP contribution is 2.41. The molecule has 0 aliphatic heterocycles. The molecule has 1 aliphatic rings. The zero-order valence-electron chi connectivity index (χ0n) is 12.6. The fraction of sp³-hybridized carbons (Fsp3) is 0.688. The molecule has 5 heteroatoms. The van der Waals surface area contributed by atoms with Crippen LogP contribution in [-0.2, 0) is 9.53 Å². The van der Waals surface area contributed by atoms with Gasteiger partial charge >= 0.3 is 0 Å². The van der Waals surface area contributed by atoms with Gasteiger partial charge < -0.3 is 15.2 Å². The van der Waals surface area contributed by atoms with Gasteiger partial charge in [-0.2, -0.15) is 11.3 Å². The van der Waals surface area contributed by atoms with E-state index in [2.05, 4.69) is 5.32 Å². The van der Waals surface area contributed by atoms with Gasteiger partial charge in [-0.3, -0.25) is 4.79 Å². The van der Waals surface area contributed by atoms with Gasteiger partial charge in [0.05, 0.1) is 11.5 Å². The van der Waals surface area contributed by atoms with Crippen molar-refractivity contribution in [2.24, 2.45) is 5.41 Å². The molecule has 0 radical (unpaired) electrons. The molecule has 1 unspecified atom stereocenters. The number of thiophene rings is 1. The highest BCUT2D eigenvalue weighted by atomic mass is 32.1. The van der Waals surface area contributed by atoms with E-state index in [1.807, 2.05) is 23.8 Å². The van der Waals surface area contributed by atoms with Gasteiger partial charge in [0, 0.05) is 19.8 Å². The number of ether oxygens (including phenoxy) is 1. The van der Waals surface area contributed by atoms with Gasteiger partial charge in [0.1, 0.15) is 0 Å². The predicted molar refractivity (Wildman–Crippen MR) is 84.3 cm³/mol. The highest BCUT2D eigenvalue weighted by molar-refractivity contribution is 7.07. The lowest BCUT2D eigenvalue weighted by Crippen LogP contribution is -2.41. The fourth-order valence-electron chi connectivity index (χ4n) is 3.01. The van der Waals surface area contributed by atoms with E-state index in [1.165, 1.54) is 0 Å². The Labute approximate surface area is 130 Å². The van der Waals surface area contributed by atoms with Crippen LogP contribution in [0.1, 0.15) is 50.7 Å². The maximum absolute atomic E-state index is 12.6. The van der Waals surface area contributed by atoms with E-state index in [0.29, 0.717) is 13.2 Å². The second-order valence-electron chi connectivity index (χ2n) is 5.72. The summed E-state index contributed by atoms with van der Waals surface area (Å²) in [6.45, 7) is 3.58. The molecule has 1 amide bonds. The lowest BCUT2D eigenvalue weighted by atomic mass is 9.82. The Kier molecular flexibility index (Phi) is 6.21. The minimum atomic E-state index is -0.620. The molecule has 0 aromatic carbocycles. The van der Waals surface area contributed by atoms with Gasteiger partial charge in [0.25, 0.3) is 0 Å². The van der Waals surface area contributed by atoms with Crippen LogP contribution in [0.4, 0.5) is 0 Å². The minimum Gasteiger partial charge on any atom is -0.387 e. The zero-order chi connectivity index (χ0) is 15.1. The summed E-state index contributed by atoms with van der Waals surface area (Å²) < 4.78 is 5.43. The third-order valence-corrected chi connectivity index (χ3v) is 5.06. The van der Waals surface area contributed by atoms with Crippen molar-refractivity contribution in [2.45, 2.75) is 45.1 Å². The second kappa shape index (κ2) is 7.92. The van der Waals surface area contributed by atoms with E-state index in [9.17, 15) is 9.90 Å². The smallest absolute Gasteiger partial charge is 0.226 e. The standard InChI is InChI=1S/C16H25NO3S/c1-2-20-9-8-16(6-3-4-7-16)15(19)17-11-14(18)13-5-10-21-12-13/h5,10,12,14,18H,2-4,6-9,11H2,1H3,(H,17,19). The van der Waals surface area contributed by atoms with Gasteiger partial charge in [-0.1, -0.05) is 12.8 Å². The van der Waals surface area contributed by atoms with Crippen LogP contribution in [-0.4, -0.2) is 30.8 Å². The first-order valence-electron chi connectivity index (χ1n) is 7.74. The first-order chi connectivity index (χ1) is 10.2. The molecule has 1 saturated carbocycles. The van der Waals surface area contributed by atoms with Crippen LogP contribution in [0, 0.1) is 5.41 Å². The molecule has 1 heterocycles. The van der Waals surface area contributed by atoms with Crippen LogP contribution in [0.25, 0.3) is 0 Å². The minimum absolute atomic E-state index is 0.0778. The zero-order valence-corrected chi connectivity index (χ0v) is 13.5. The van der Waals surface area contributed by atoms with Crippen molar-refractivity contribution >= 4 is 17.2 Å². The van der Waals surface area contributed by atoms with Crippen LogP contribution in [0.2, 0.25) is 0 Å². The quantitative estimate of drug-likeness (QED) is 0.726. The Hall–Kier alpha value is -0.910. The monoisotopic (exact) mass is 311 g/mol. The van der Waals surface area contributed by atoms with Crippen molar-refractivity contribution in [2.75, 3.05) is 19.8 Å². The SMILES string of the molecule is CCOCCC1(C(=O)NCC(O)c2ccsc2)CCCC1. The summed E-state index contributed by atoms with van der Waals surface area (Å²) in [6.07, 6.45) is 4.23. The van der Waals surface area contributed by atoms with E-state index in [1.54, 1.807) is 11.3 Å². The average Bonchev–Trinajstić information content (AvgIpc) is 3.16. The van der Waals surface area contributed by atoms with Crippen LogP contribution >= 0.6 is 11.3 Å². The maximum Gasteiger partial charge on any atom is 0.226 e. The Morgan fingerprint density at radius 3 is 2.90 bits per heavy atom. The van der Waals surface area contributed by atoms with E-state index < -0.39 is 6.10 Å². The predicted octanol–water partition coefficient (Wildman–Crippen LogP) is 2.88. The number of aliphatic hydroxyl groups is 1. The molecular weight excluding hydrogens is 286 g/mol. The molecule has 0 saturated heterocycles. The molecule has 2 N–H and O–H groups in total. The van der Waals surface area contributed by atoms with Gasteiger partial charge in [0.15, 0.2) is 0 Å². The molecule has 1 aromatic rings. The second-order valence-corrected chi connectivity index (χ2v) is 6.50. The van der Waals surface area contributed by atoms with Crippen molar-refractivity contribution in [3.63, 3.8) is 0 Å². The largest absolute Gasteiger partial charge is 0.387 e. The molecule has 1 atom stereocenters. The summed E-state index contributed by atoms with van der Waals surface area (Å²) in [7, 11) is 0. The Balaban J connectivity index is 1.86. The van der Waals surface area contributed by atoms with Crippen molar-refractivity contribution in [1.29, 1.82) is 0 Å². The summed E-state index contributed by atoms with van der Waals surface area (Å²) in [6, 6.07) is 1.89. The van der Waals surface area contributed by atoms with E-state index in [-0.39, 0.29) is 17.9 Å². The third-order valence-electron chi connectivity index (χ3n) is 4.36. The maximum atomic E-state index is 12.6. The number of aliphatic hydroxyl groups excluding tert-OH is 1. The molecule has 21 heavy (non-hydrogen) atoms.